The second-order valence-electron chi connectivity index (χ2n) is 3.81. The van der Waals surface area contributed by atoms with Gasteiger partial charge in [0.15, 0.2) is 5.82 Å². The Morgan fingerprint density at radius 1 is 1.65 bits per heavy atom. The minimum atomic E-state index is -0.902. The lowest BCUT2D eigenvalue weighted by Gasteiger charge is -2.20. The van der Waals surface area contributed by atoms with E-state index in [1.54, 1.807) is 0 Å². The van der Waals surface area contributed by atoms with Crippen molar-refractivity contribution in [2.45, 2.75) is 23.9 Å². The smallest absolute Gasteiger partial charge is 0.313 e. The fourth-order valence-corrected chi connectivity index (χ4v) is 2.32. The molecule has 1 fully saturated rings. The molecule has 8 heteroatoms. The highest BCUT2D eigenvalue weighted by Gasteiger charge is 2.23. The molecule has 0 radical (unpaired) electrons. The van der Waals surface area contributed by atoms with Crippen LogP contribution in [0.25, 0.3) is 0 Å². The highest BCUT2D eigenvalue weighted by atomic mass is 32.2. The van der Waals surface area contributed by atoms with Gasteiger partial charge in [0, 0.05) is 12.5 Å². The van der Waals surface area contributed by atoms with Crippen LogP contribution in [0.2, 0.25) is 0 Å². The van der Waals surface area contributed by atoms with Gasteiger partial charge in [0.25, 0.3) is 0 Å². The second kappa shape index (κ2) is 5.37. The van der Waals surface area contributed by atoms with Gasteiger partial charge in [0.2, 0.25) is 5.16 Å². The van der Waals surface area contributed by atoms with Crippen molar-refractivity contribution in [2.24, 2.45) is 0 Å². The molecule has 1 saturated heterocycles. The summed E-state index contributed by atoms with van der Waals surface area (Å²) >= 11 is 1.06. The third kappa shape index (κ3) is 2.89. The third-order valence-corrected chi connectivity index (χ3v) is 3.47. The summed E-state index contributed by atoms with van der Waals surface area (Å²) in [5.74, 6) is 5.69. The zero-order chi connectivity index (χ0) is 12.3. The number of rotatable bonds is 4. The van der Waals surface area contributed by atoms with E-state index in [1.165, 1.54) is 4.68 Å². The van der Waals surface area contributed by atoms with Crippen LogP contribution < -0.4 is 5.84 Å². The Kier molecular flexibility index (Phi) is 3.85. The van der Waals surface area contributed by atoms with E-state index in [0.29, 0.717) is 17.6 Å². The third-order valence-electron chi connectivity index (χ3n) is 2.54. The lowest BCUT2D eigenvalue weighted by atomic mass is 10.0. The Hall–Kier alpha value is -1.28. The van der Waals surface area contributed by atoms with E-state index in [1.807, 2.05) is 0 Å². The van der Waals surface area contributed by atoms with Crippen molar-refractivity contribution in [2.75, 3.05) is 24.8 Å². The fourth-order valence-electron chi connectivity index (χ4n) is 1.74. The molecular formula is C9H14N4O3S. The van der Waals surface area contributed by atoms with Crippen LogP contribution in [0.1, 0.15) is 24.6 Å². The van der Waals surface area contributed by atoms with E-state index in [4.69, 9.17) is 15.7 Å². The number of hydrogen-bond acceptors (Lipinski definition) is 6. The summed E-state index contributed by atoms with van der Waals surface area (Å²) in [6.45, 7) is 1.37. The van der Waals surface area contributed by atoms with Crippen LogP contribution in [0.5, 0.6) is 0 Å². The van der Waals surface area contributed by atoms with Gasteiger partial charge in [-0.05, 0) is 12.8 Å². The molecule has 0 aliphatic carbocycles. The predicted octanol–water partition coefficient (Wildman–Crippen LogP) is 0.0626. The molecule has 17 heavy (non-hydrogen) atoms. The van der Waals surface area contributed by atoms with Crippen LogP contribution in [0.3, 0.4) is 0 Å². The van der Waals surface area contributed by atoms with Crippen LogP contribution in [0.4, 0.5) is 0 Å². The summed E-state index contributed by atoms with van der Waals surface area (Å²) in [6, 6.07) is 0. The first-order valence-electron chi connectivity index (χ1n) is 5.31. The summed E-state index contributed by atoms with van der Waals surface area (Å²) in [4.78, 5) is 10.5. The summed E-state index contributed by atoms with van der Waals surface area (Å²) < 4.78 is 6.73. The van der Waals surface area contributed by atoms with Crippen molar-refractivity contribution in [1.82, 2.24) is 14.9 Å². The highest BCUT2D eigenvalue weighted by molar-refractivity contribution is 7.99. The number of aromatic nitrogens is 3. The maximum Gasteiger partial charge on any atom is 0.313 e. The molecule has 0 amide bonds. The van der Waals surface area contributed by atoms with Crippen LogP contribution in [-0.4, -0.2) is 44.9 Å². The van der Waals surface area contributed by atoms with Crippen molar-refractivity contribution >= 4 is 17.7 Å². The molecule has 7 nitrogen and oxygen atoms in total. The number of carboxylic acid groups (broad SMARTS) is 1. The van der Waals surface area contributed by atoms with Gasteiger partial charge in [-0.3, -0.25) is 4.79 Å². The highest BCUT2D eigenvalue weighted by Crippen LogP contribution is 2.25. The minimum Gasteiger partial charge on any atom is -0.481 e. The van der Waals surface area contributed by atoms with Crippen molar-refractivity contribution in [3.8, 4) is 0 Å². The van der Waals surface area contributed by atoms with Gasteiger partial charge in [0.05, 0.1) is 12.4 Å². The Labute approximate surface area is 102 Å². The van der Waals surface area contributed by atoms with Gasteiger partial charge < -0.3 is 15.7 Å². The molecule has 2 rings (SSSR count). The molecular weight excluding hydrogens is 244 g/mol. The first-order valence-corrected chi connectivity index (χ1v) is 6.29. The summed E-state index contributed by atoms with van der Waals surface area (Å²) in [7, 11) is 0. The molecule has 1 unspecified atom stereocenters. The first kappa shape index (κ1) is 12.2. The zero-order valence-electron chi connectivity index (χ0n) is 9.20. The van der Waals surface area contributed by atoms with Gasteiger partial charge in [-0.1, -0.05) is 11.8 Å². The van der Waals surface area contributed by atoms with Gasteiger partial charge >= 0.3 is 5.97 Å². The van der Waals surface area contributed by atoms with Gasteiger partial charge in [-0.25, -0.2) is 4.68 Å². The standard InChI is InChI=1S/C9H14N4O3S/c10-13-8(6-2-1-3-16-4-6)11-12-9(13)17-5-7(14)15/h6H,1-5,10H2,(H,14,15). The van der Waals surface area contributed by atoms with Gasteiger partial charge in [-0.2, -0.15) is 0 Å². The summed E-state index contributed by atoms with van der Waals surface area (Å²) in [5, 5.41) is 16.9. The topological polar surface area (TPSA) is 103 Å². The van der Waals surface area contributed by atoms with E-state index < -0.39 is 5.97 Å². The van der Waals surface area contributed by atoms with Crippen molar-refractivity contribution in [1.29, 1.82) is 0 Å². The lowest BCUT2D eigenvalue weighted by molar-refractivity contribution is -0.133. The molecule has 0 saturated carbocycles. The first-order chi connectivity index (χ1) is 8.18. The van der Waals surface area contributed by atoms with Crippen molar-refractivity contribution in [3.63, 3.8) is 0 Å². The molecule has 1 aromatic heterocycles. The normalized spacial score (nSPS) is 20.4. The number of carboxylic acids is 1. The molecule has 0 spiro atoms. The molecule has 94 valence electrons. The Morgan fingerprint density at radius 2 is 2.47 bits per heavy atom. The molecule has 0 aromatic carbocycles. The summed E-state index contributed by atoms with van der Waals surface area (Å²) in [6.07, 6.45) is 1.95. The number of thioether (sulfide) groups is 1. The molecule has 1 aliphatic heterocycles. The molecule has 3 N–H and O–H groups in total. The maximum absolute atomic E-state index is 10.5. The number of nitrogens with two attached hydrogens (primary N) is 1. The number of carbonyl (C=O) groups is 1. The van der Waals surface area contributed by atoms with Gasteiger partial charge in [0.1, 0.15) is 0 Å². The van der Waals surface area contributed by atoms with Crippen LogP contribution in [-0.2, 0) is 9.53 Å². The predicted molar refractivity (Wildman–Crippen MR) is 61.3 cm³/mol. The van der Waals surface area contributed by atoms with E-state index >= 15 is 0 Å². The Morgan fingerprint density at radius 3 is 3.12 bits per heavy atom. The van der Waals surface area contributed by atoms with Crippen LogP contribution in [0, 0.1) is 0 Å². The number of ether oxygens (including phenoxy) is 1. The molecule has 1 aromatic rings. The van der Waals surface area contributed by atoms with E-state index in [-0.39, 0.29) is 11.7 Å². The van der Waals surface area contributed by atoms with E-state index in [9.17, 15) is 4.79 Å². The maximum atomic E-state index is 10.5. The van der Waals surface area contributed by atoms with Crippen LogP contribution >= 0.6 is 11.8 Å². The molecule has 0 bridgehead atoms. The number of nitrogen functional groups attached to an aromatic ring is 1. The SMILES string of the molecule is Nn1c(SCC(=O)O)nnc1C1CCCOC1. The average Bonchev–Trinajstić information content (AvgIpc) is 2.69. The minimum absolute atomic E-state index is 0.0729. The molecule has 1 atom stereocenters. The summed E-state index contributed by atoms with van der Waals surface area (Å²) in [5.41, 5.74) is 0. The van der Waals surface area contributed by atoms with E-state index in [2.05, 4.69) is 10.2 Å². The van der Waals surface area contributed by atoms with Crippen molar-refractivity contribution in [3.05, 3.63) is 5.82 Å². The largest absolute Gasteiger partial charge is 0.481 e. The number of hydrogen-bond donors (Lipinski definition) is 2. The Balaban J connectivity index is 2.05. The second-order valence-corrected chi connectivity index (χ2v) is 4.75. The molecule has 1 aliphatic rings. The quantitative estimate of drug-likeness (QED) is 0.581. The number of aliphatic carboxylic acids is 1. The van der Waals surface area contributed by atoms with Crippen molar-refractivity contribution < 1.29 is 14.6 Å². The zero-order valence-corrected chi connectivity index (χ0v) is 10.0. The average molecular weight is 258 g/mol. The molecule has 2 heterocycles. The Bertz CT molecular complexity index is 403. The van der Waals surface area contributed by atoms with E-state index in [0.717, 1.165) is 31.2 Å². The fraction of sp³-hybridized carbons (Fsp3) is 0.667. The van der Waals surface area contributed by atoms with Gasteiger partial charge in [-0.15, -0.1) is 10.2 Å². The lowest BCUT2D eigenvalue weighted by Crippen LogP contribution is -2.23. The monoisotopic (exact) mass is 258 g/mol. The number of nitrogens with zero attached hydrogens (tertiary/aromatic N) is 3. The van der Waals surface area contributed by atoms with Crippen LogP contribution in [0.15, 0.2) is 5.16 Å².